The zero-order valence-corrected chi connectivity index (χ0v) is 12.5. The van der Waals surface area contributed by atoms with Crippen molar-refractivity contribution in [3.8, 4) is 0 Å². The first-order chi connectivity index (χ1) is 8.25. The Labute approximate surface area is 125 Å². The Morgan fingerprint density at radius 3 is 2.53 bits per heavy atom. The van der Waals surface area contributed by atoms with Crippen molar-refractivity contribution in [1.82, 2.24) is 15.2 Å². The van der Waals surface area contributed by atoms with Crippen LogP contribution in [0.25, 0.3) is 0 Å². The Hall–Kier alpha value is -0.840. The summed E-state index contributed by atoms with van der Waals surface area (Å²) >= 11 is 0. The van der Waals surface area contributed by atoms with Gasteiger partial charge in [-0.05, 0) is 30.4 Å². The number of pyridine rings is 1. The first kappa shape index (κ1) is 16.2. The summed E-state index contributed by atoms with van der Waals surface area (Å²) in [6.45, 7) is 5.81. The van der Waals surface area contributed by atoms with Gasteiger partial charge in [0.1, 0.15) is 5.69 Å². The summed E-state index contributed by atoms with van der Waals surface area (Å²) in [7, 11) is 0. The first-order valence-corrected chi connectivity index (χ1v) is 6.17. The van der Waals surface area contributed by atoms with Gasteiger partial charge in [0.15, 0.2) is 0 Å². The number of carbonyl (C=O) groups excluding carboxylic acids is 1. The van der Waals surface area contributed by atoms with Crippen LogP contribution in [0, 0.1) is 18.8 Å². The summed E-state index contributed by atoms with van der Waals surface area (Å²) in [6, 6.07) is 3.81. The Bertz CT molecular complexity index is 443. The fourth-order valence-corrected chi connectivity index (χ4v) is 2.88. The second-order valence-electron chi connectivity index (χ2n) is 5.06. The van der Waals surface area contributed by atoms with Crippen LogP contribution in [0.4, 0.5) is 0 Å². The van der Waals surface area contributed by atoms with Gasteiger partial charge in [-0.1, -0.05) is 6.07 Å². The Morgan fingerprint density at radius 2 is 1.95 bits per heavy atom. The van der Waals surface area contributed by atoms with Crippen molar-refractivity contribution in [2.75, 3.05) is 26.2 Å². The van der Waals surface area contributed by atoms with E-state index in [1.54, 1.807) is 6.20 Å². The van der Waals surface area contributed by atoms with Crippen LogP contribution < -0.4 is 5.32 Å². The van der Waals surface area contributed by atoms with Crippen molar-refractivity contribution in [2.24, 2.45) is 11.8 Å². The number of nitrogens with one attached hydrogen (secondary N) is 1. The van der Waals surface area contributed by atoms with Gasteiger partial charge >= 0.3 is 0 Å². The number of carbonyl (C=O) groups is 1. The number of aromatic nitrogens is 1. The summed E-state index contributed by atoms with van der Waals surface area (Å²) in [4.78, 5) is 18.5. The number of hydrogen-bond donors (Lipinski definition) is 1. The molecule has 0 aromatic carbocycles. The summed E-state index contributed by atoms with van der Waals surface area (Å²) in [6.07, 6.45) is 1.69. The molecule has 0 aliphatic carbocycles. The third kappa shape index (κ3) is 3.02. The van der Waals surface area contributed by atoms with Gasteiger partial charge in [-0.2, -0.15) is 0 Å². The molecule has 106 valence electrons. The van der Waals surface area contributed by atoms with Crippen molar-refractivity contribution in [3.05, 3.63) is 29.6 Å². The van der Waals surface area contributed by atoms with Crippen LogP contribution in [0.2, 0.25) is 0 Å². The molecule has 3 rings (SSSR count). The molecule has 0 radical (unpaired) electrons. The molecule has 2 atom stereocenters. The largest absolute Gasteiger partial charge is 0.337 e. The minimum Gasteiger partial charge on any atom is -0.337 e. The lowest BCUT2D eigenvalue weighted by Gasteiger charge is -2.17. The predicted octanol–water partition coefficient (Wildman–Crippen LogP) is 1.53. The monoisotopic (exact) mass is 303 g/mol. The molecule has 2 saturated heterocycles. The van der Waals surface area contributed by atoms with Gasteiger partial charge in [0.2, 0.25) is 0 Å². The molecule has 0 saturated carbocycles. The molecule has 0 unspecified atom stereocenters. The van der Waals surface area contributed by atoms with E-state index in [1.165, 1.54) is 0 Å². The number of hydrogen-bond acceptors (Lipinski definition) is 3. The lowest BCUT2D eigenvalue weighted by molar-refractivity contribution is 0.0775. The van der Waals surface area contributed by atoms with Gasteiger partial charge in [0, 0.05) is 32.4 Å². The predicted molar refractivity (Wildman–Crippen MR) is 79.2 cm³/mol. The maximum absolute atomic E-state index is 12.3. The van der Waals surface area contributed by atoms with E-state index in [9.17, 15) is 4.79 Å². The number of halogens is 2. The zero-order chi connectivity index (χ0) is 11.8. The van der Waals surface area contributed by atoms with Crippen LogP contribution >= 0.6 is 24.8 Å². The van der Waals surface area contributed by atoms with Crippen molar-refractivity contribution < 1.29 is 4.79 Å². The van der Waals surface area contributed by atoms with E-state index in [0.29, 0.717) is 17.5 Å². The molecule has 2 fully saturated rings. The van der Waals surface area contributed by atoms with Crippen LogP contribution in [-0.2, 0) is 0 Å². The van der Waals surface area contributed by atoms with Gasteiger partial charge in [0.25, 0.3) is 5.91 Å². The number of aryl methyl sites for hydroxylation is 1. The summed E-state index contributed by atoms with van der Waals surface area (Å²) in [5, 5.41) is 3.38. The minimum absolute atomic E-state index is 0. The highest BCUT2D eigenvalue weighted by atomic mass is 35.5. The van der Waals surface area contributed by atoms with E-state index in [0.717, 1.165) is 31.7 Å². The lowest BCUT2D eigenvalue weighted by atomic mass is 10.0. The number of amides is 1. The van der Waals surface area contributed by atoms with Crippen molar-refractivity contribution in [3.63, 3.8) is 0 Å². The van der Waals surface area contributed by atoms with Crippen molar-refractivity contribution >= 4 is 30.7 Å². The highest BCUT2D eigenvalue weighted by Gasteiger charge is 2.38. The molecule has 4 nitrogen and oxygen atoms in total. The molecule has 2 aliphatic rings. The molecule has 1 N–H and O–H groups in total. The molecule has 0 spiro atoms. The number of nitrogens with zero attached hydrogens (tertiary/aromatic N) is 2. The molecule has 1 aromatic rings. The minimum atomic E-state index is 0. The fourth-order valence-electron chi connectivity index (χ4n) is 2.88. The number of rotatable bonds is 1. The second kappa shape index (κ2) is 6.55. The van der Waals surface area contributed by atoms with E-state index in [-0.39, 0.29) is 30.7 Å². The van der Waals surface area contributed by atoms with Gasteiger partial charge in [-0.25, -0.2) is 0 Å². The molecular formula is C13H19Cl2N3O. The maximum atomic E-state index is 12.3. The molecule has 19 heavy (non-hydrogen) atoms. The Morgan fingerprint density at radius 1 is 1.32 bits per heavy atom. The van der Waals surface area contributed by atoms with E-state index < -0.39 is 0 Å². The van der Waals surface area contributed by atoms with E-state index in [2.05, 4.69) is 10.3 Å². The van der Waals surface area contributed by atoms with E-state index in [4.69, 9.17) is 0 Å². The van der Waals surface area contributed by atoms with Crippen molar-refractivity contribution in [2.45, 2.75) is 6.92 Å². The SMILES string of the molecule is Cc1cccnc1C(=O)N1C[C@H]2CNC[C@H]2C1.Cl.Cl. The highest BCUT2D eigenvalue weighted by molar-refractivity contribution is 5.93. The quantitative estimate of drug-likeness (QED) is 0.856. The van der Waals surface area contributed by atoms with Gasteiger partial charge < -0.3 is 10.2 Å². The molecule has 3 heterocycles. The number of likely N-dealkylation sites (tertiary alicyclic amines) is 1. The Balaban J connectivity index is 0.000000902. The van der Waals surface area contributed by atoms with Crippen LogP contribution in [0.1, 0.15) is 16.1 Å². The third-order valence-electron chi connectivity index (χ3n) is 3.89. The molecular weight excluding hydrogens is 285 g/mol. The molecule has 1 amide bonds. The average Bonchev–Trinajstić information content (AvgIpc) is 2.88. The first-order valence-electron chi connectivity index (χ1n) is 6.17. The van der Waals surface area contributed by atoms with Crippen LogP contribution in [0.5, 0.6) is 0 Å². The molecule has 0 bridgehead atoms. The van der Waals surface area contributed by atoms with Crippen LogP contribution in [-0.4, -0.2) is 42.0 Å². The van der Waals surface area contributed by atoms with Gasteiger partial charge in [-0.15, -0.1) is 24.8 Å². The zero-order valence-electron chi connectivity index (χ0n) is 10.8. The van der Waals surface area contributed by atoms with Crippen LogP contribution in [0.3, 0.4) is 0 Å². The molecule has 2 aliphatic heterocycles. The second-order valence-corrected chi connectivity index (χ2v) is 5.06. The van der Waals surface area contributed by atoms with E-state index >= 15 is 0 Å². The lowest BCUT2D eigenvalue weighted by Crippen LogP contribution is -2.32. The molecule has 1 aromatic heterocycles. The molecule has 6 heteroatoms. The standard InChI is InChI=1S/C13H17N3O.2ClH/c1-9-3-2-4-15-12(9)13(17)16-7-10-5-14-6-11(10)8-16;;/h2-4,10-11,14H,5-8H2,1H3;2*1H/t10-,11+;;. The van der Waals surface area contributed by atoms with Gasteiger partial charge in [0.05, 0.1) is 0 Å². The summed E-state index contributed by atoms with van der Waals surface area (Å²) in [5.41, 5.74) is 1.58. The summed E-state index contributed by atoms with van der Waals surface area (Å²) in [5.74, 6) is 1.38. The topological polar surface area (TPSA) is 45.2 Å². The Kier molecular flexibility index (Phi) is 5.59. The van der Waals surface area contributed by atoms with Gasteiger partial charge in [-0.3, -0.25) is 9.78 Å². The number of fused-ring (bicyclic) bond motifs is 1. The average molecular weight is 304 g/mol. The smallest absolute Gasteiger partial charge is 0.272 e. The third-order valence-corrected chi connectivity index (χ3v) is 3.89. The van der Waals surface area contributed by atoms with E-state index in [1.807, 2.05) is 24.0 Å². The normalized spacial score (nSPS) is 24.4. The maximum Gasteiger partial charge on any atom is 0.272 e. The summed E-state index contributed by atoms with van der Waals surface area (Å²) < 4.78 is 0. The highest BCUT2D eigenvalue weighted by Crippen LogP contribution is 2.27. The van der Waals surface area contributed by atoms with Crippen molar-refractivity contribution in [1.29, 1.82) is 0 Å². The van der Waals surface area contributed by atoms with Crippen LogP contribution in [0.15, 0.2) is 18.3 Å². The fraction of sp³-hybridized carbons (Fsp3) is 0.538.